The number of aromatic amines is 1. The van der Waals surface area contributed by atoms with Gasteiger partial charge in [-0.05, 0) is 38.9 Å². The van der Waals surface area contributed by atoms with Crippen molar-refractivity contribution in [1.82, 2.24) is 9.97 Å². The molecular formula is C33H22N2. The summed E-state index contributed by atoms with van der Waals surface area (Å²) in [4.78, 5) is 8.76. The minimum Gasteiger partial charge on any atom is -0.338 e. The van der Waals surface area contributed by atoms with Gasteiger partial charge in [-0.3, -0.25) is 0 Å². The third kappa shape index (κ3) is 3.15. The van der Waals surface area contributed by atoms with Gasteiger partial charge < -0.3 is 4.98 Å². The van der Waals surface area contributed by atoms with Gasteiger partial charge in [-0.2, -0.15) is 0 Å². The molecule has 0 saturated heterocycles. The Labute approximate surface area is 203 Å². The van der Waals surface area contributed by atoms with E-state index in [0.717, 1.165) is 22.4 Å². The van der Waals surface area contributed by atoms with Crippen molar-refractivity contribution >= 4 is 32.6 Å². The molecule has 164 valence electrons. The second kappa shape index (κ2) is 7.96. The minimum atomic E-state index is 0.890. The fraction of sp³-hybridized carbons (Fsp3) is 0. The maximum absolute atomic E-state index is 5.18. The molecule has 6 aromatic carbocycles. The molecule has 0 atom stereocenters. The number of aromatic nitrogens is 2. The second-order valence-corrected chi connectivity index (χ2v) is 8.86. The third-order valence-electron chi connectivity index (χ3n) is 6.81. The summed E-state index contributed by atoms with van der Waals surface area (Å²) in [6, 6.07) is 44.9. The van der Waals surface area contributed by atoms with Crippen LogP contribution in [-0.2, 0) is 0 Å². The average molecular weight is 447 g/mol. The van der Waals surface area contributed by atoms with Crippen molar-refractivity contribution in [3.63, 3.8) is 0 Å². The molecule has 1 N–H and O–H groups in total. The van der Waals surface area contributed by atoms with E-state index in [2.05, 4.69) is 126 Å². The summed E-state index contributed by atoms with van der Waals surface area (Å²) < 4.78 is 0. The number of benzene rings is 6. The van der Waals surface area contributed by atoms with Crippen LogP contribution in [0.1, 0.15) is 0 Å². The fourth-order valence-corrected chi connectivity index (χ4v) is 5.28. The van der Waals surface area contributed by atoms with Crippen molar-refractivity contribution in [2.24, 2.45) is 0 Å². The molecule has 7 aromatic rings. The van der Waals surface area contributed by atoms with Gasteiger partial charge in [0.1, 0.15) is 5.82 Å². The van der Waals surface area contributed by atoms with Crippen molar-refractivity contribution in [1.29, 1.82) is 0 Å². The van der Waals surface area contributed by atoms with E-state index in [0.29, 0.717) is 0 Å². The maximum atomic E-state index is 5.18. The van der Waals surface area contributed by atoms with Crippen LogP contribution in [-0.4, -0.2) is 9.97 Å². The Morgan fingerprint density at radius 1 is 0.429 bits per heavy atom. The van der Waals surface area contributed by atoms with Gasteiger partial charge in [0.15, 0.2) is 0 Å². The number of fused-ring (bicyclic) bond motifs is 5. The van der Waals surface area contributed by atoms with Crippen LogP contribution in [0.2, 0.25) is 0 Å². The molecule has 0 amide bonds. The van der Waals surface area contributed by atoms with E-state index in [1.807, 2.05) is 6.07 Å². The van der Waals surface area contributed by atoms with Crippen LogP contribution in [0.4, 0.5) is 0 Å². The lowest BCUT2D eigenvalue weighted by Gasteiger charge is -2.18. The maximum Gasteiger partial charge on any atom is 0.138 e. The quantitative estimate of drug-likeness (QED) is 0.270. The van der Waals surface area contributed by atoms with E-state index in [1.54, 1.807) is 0 Å². The number of rotatable bonds is 3. The zero-order valence-corrected chi connectivity index (χ0v) is 19.1. The molecule has 0 fully saturated rings. The molecule has 1 heterocycles. The molecule has 35 heavy (non-hydrogen) atoms. The Morgan fingerprint density at radius 3 is 1.63 bits per heavy atom. The number of nitrogens with one attached hydrogen (secondary N) is 1. The van der Waals surface area contributed by atoms with Gasteiger partial charge >= 0.3 is 0 Å². The minimum absolute atomic E-state index is 0.890. The molecule has 0 saturated carbocycles. The van der Waals surface area contributed by atoms with Crippen molar-refractivity contribution < 1.29 is 0 Å². The number of hydrogen-bond donors (Lipinski definition) is 1. The Bertz CT molecular complexity index is 1820. The smallest absolute Gasteiger partial charge is 0.138 e. The lowest BCUT2D eigenvalue weighted by atomic mass is 9.84. The number of H-pyrrole nitrogens is 1. The van der Waals surface area contributed by atoms with E-state index < -0.39 is 0 Å². The first kappa shape index (κ1) is 19.7. The second-order valence-electron chi connectivity index (χ2n) is 8.86. The van der Waals surface area contributed by atoms with E-state index in [4.69, 9.17) is 4.98 Å². The highest BCUT2D eigenvalue weighted by atomic mass is 14.9. The largest absolute Gasteiger partial charge is 0.338 e. The molecule has 0 aliphatic heterocycles. The number of hydrogen-bond acceptors (Lipinski definition) is 1. The molecule has 0 radical (unpaired) electrons. The highest BCUT2D eigenvalue weighted by molar-refractivity contribution is 6.27. The molecule has 0 bridgehead atoms. The predicted octanol–water partition coefficient (Wildman–Crippen LogP) is 8.87. The normalized spacial score (nSPS) is 11.4. The van der Waals surface area contributed by atoms with E-state index in [1.165, 1.54) is 43.8 Å². The summed E-state index contributed by atoms with van der Waals surface area (Å²) in [6.07, 6.45) is 0. The summed E-state index contributed by atoms with van der Waals surface area (Å²) in [7, 11) is 0. The van der Waals surface area contributed by atoms with Gasteiger partial charge in [-0.1, -0.05) is 121 Å². The molecule has 2 nitrogen and oxygen atoms in total. The zero-order valence-electron chi connectivity index (χ0n) is 19.1. The average Bonchev–Trinajstić information content (AvgIpc) is 3.38. The summed E-state index contributed by atoms with van der Waals surface area (Å²) in [6.45, 7) is 0. The SMILES string of the molecule is c1ccc(-c2nc3c(ccc4c5ccccc5c(-c5ccccc5)c(-c5ccccc5)c43)[nH]2)cc1. The van der Waals surface area contributed by atoms with Crippen LogP contribution in [0.5, 0.6) is 0 Å². The monoisotopic (exact) mass is 446 g/mol. The standard InChI is InChI=1S/C33H22N2/c1-4-12-22(13-5-1)29-26-19-11-10-18-25(26)27-20-21-28-32(31(27)30(29)23-14-6-2-7-15-23)35-33(34-28)24-16-8-3-9-17-24/h1-21H,(H,34,35). The molecule has 0 spiro atoms. The molecule has 0 aliphatic rings. The topological polar surface area (TPSA) is 28.7 Å². The van der Waals surface area contributed by atoms with Gasteiger partial charge in [-0.15, -0.1) is 0 Å². The zero-order chi connectivity index (χ0) is 23.2. The summed E-state index contributed by atoms with van der Waals surface area (Å²) in [5.74, 6) is 0.890. The van der Waals surface area contributed by atoms with Crippen LogP contribution in [0, 0.1) is 0 Å². The van der Waals surface area contributed by atoms with Crippen LogP contribution in [0.25, 0.3) is 66.2 Å². The predicted molar refractivity (Wildman–Crippen MR) is 147 cm³/mol. The Balaban J connectivity index is 1.71. The Hall–Kier alpha value is -4.69. The van der Waals surface area contributed by atoms with Crippen molar-refractivity contribution in [2.75, 3.05) is 0 Å². The molecule has 0 aliphatic carbocycles. The van der Waals surface area contributed by atoms with Crippen LogP contribution in [0.3, 0.4) is 0 Å². The van der Waals surface area contributed by atoms with Crippen molar-refractivity contribution in [2.45, 2.75) is 0 Å². The Kier molecular flexibility index (Phi) is 4.49. The lowest BCUT2D eigenvalue weighted by molar-refractivity contribution is 1.34. The Morgan fingerprint density at radius 2 is 0.971 bits per heavy atom. The summed E-state index contributed by atoms with van der Waals surface area (Å²) in [5.41, 5.74) is 8.01. The first-order chi connectivity index (χ1) is 17.4. The number of nitrogens with zero attached hydrogens (tertiary/aromatic N) is 1. The summed E-state index contributed by atoms with van der Waals surface area (Å²) >= 11 is 0. The van der Waals surface area contributed by atoms with Gasteiger partial charge in [0.05, 0.1) is 11.0 Å². The first-order valence-electron chi connectivity index (χ1n) is 11.9. The number of imidazole rings is 1. The molecule has 0 unspecified atom stereocenters. The van der Waals surface area contributed by atoms with Crippen LogP contribution >= 0.6 is 0 Å². The lowest BCUT2D eigenvalue weighted by Crippen LogP contribution is -1.92. The van der Waals surface area contributed by atoms with Crippen LogP contribution < -0.4 is 0 Å². The molecular weight excluding hydrogens is 424 g/mol. The van der Waals surface area contributed by atoms with Crippen LogP contribution in [0.15, 0.2) is 127 Å². The van der Waals surface area contributed by atoms with E-state index in [9.17, 15) is 0 Å². The van der Waals surface area contributed by atoms with Gasteiger partial charge in [0.25, 0.3) is 0 Å². The molecule has 2 heteroatoms. The van der Waals surface area contributed by atoms with Gasteiger partial charge in [0.2, 0.25) is 0 Å². The fourth-order valence-electron chi connectivity index (χ4n) is 5.28. The molecule has 1 aromatic heterocycles. The highest BCUT2D eigenvalue weighted by Crippen LogP contribution is 2.46. The van der Waals surface area contributed by atoms with E-state index >= 15 is 0 Å². The first-order valence-corrected chi connectivity index (χ1v) is 11.9. The van der Waals surface area contributed by atoms with Gasteiger partial charge in [-0.25, -0.2) is 4.98 Å². The highest BCUT2D eigenvalue weighted by Gasteiger charge is 2.20. The summed E-state index contributed by atoms with van der Waals surface area (Å²) in [5, 5.41) is 4.90. The van der Waals surface area contributed by atoms with Crippen molar-refractivity contribution in [3.8, 4) is 33.6 Å². The van der Waals surface area contributed by atoms with Crippen molar-refractivity contribution in [3.05, 3.63) is 127 Å². The molecule has 7 rings (SSSR count). The third-order valence-corrected chi connectivity index (χ3v) is 6.81. The van der Waals surface area contributed by atoms with E-state index in [-0.39, 0.29) is 0 Å². The van der Waals surface area contributed by atoms with Gasteiger partial charge in [0, 0.05) is 16.5 Å².